The molecule has 1 amide bonds. The Morgan fingerprint density at radius 2 is 1.86 bits per heavy atom. The molecule has 21 heavy (non-hydrogen) atoms. The van der Waals surface area contributed by atoms with Gasteiger partial charge in [-0.2, -0.15) is 0 Å². The summed E-state index contributed by atoms with van der Waals surface area (Å²) in [7, 11) is 0. The van der Waals surface area contributed by atoms with Crippen LogP contribution < -0.4 is 0 Å². The van der Waals surface area contributed by atoms with Crippen molar-refractivity contribution in [1.29, 1.82) is 0 Å². The molecule has 0 saturated carbocycles. The van der Waals surface area contributed by atoms with Gasteiger partial charge in [-0.15, -0.1) is 23.4 Å². The smallest absolute Gasteiger partial charge is 0.231 e. The molecule has 3 heterocycles. The Bertz CT molecular complexity index is 401. The van der Waals surface area contributed by atoms with Gasteiger partial charge in [0.15, 0.2) is 0 Å². The van der Waals surface area contributed by atoms with Crippen LogP contribution in [0.4, 0.5) is 0 Å². The van der Waals surface area contributed by atoms with Crippen LogP contribution in [-0.2, 0) is 9.53 Å². The average Bonchev–Trinajstić information content (AvgIpc) is 2.74. The highest BCUT2D eigenvalue weighted by Gasteiger charge is 2.37. The van der Waals surface area contributed by atoms with Crippen LogP contribution in [0.5, 0.6) is 0 Å². The fraction of sp³-hybridized carbons (Fsp3) is 0.812. The van der Waals surface area contributed by atoms with E-state index in [0.29, 0.717) is 5.92 Å². The fourth-order valence-corrected chi connectivity index (χ4v) is 5.14. The van der Waals surface area contributed by atoms with Gasteiger partial charge in [-0.1, -0.05) is 18.9 Å². The highest BCUT2D eigenvalue weighted by molar-refractivity contribution is 8.05. The Kier molecular flexibility index (Phi) is 5.52. The van der Waals surface area contributed by atoms with Crippen molar-refractivity contribution in [3.05, 3.63) is 11.0 Å². The number of ether oxygens (including phenoxy) is 1. The van der Waals surface area contributed by atoms with Crippen molar-refractivity contribution in [1.82, 2.24) is 4.90 Å². The molecule has 0 spiro atoms. The third-order valence-electron chi connectivity index (χ3n) is 4.70. The molecule has 0 N–H and O–H groups in total. The van der Waals surface area contributed by atoms with Gasteiger partial charge < -0.3 is 9.64 Å². The predicted octanol–water partition coefficient (Wildman–Crippen LogP) is 3.63. The number of rotatable bonds is 2. The minimum atomic E-state index is -0.132. The Morgan fingerprint density at radius 1 is 1.19 bits per heavy atom. The summed E-state index contributed by atoms with van der Waals surface area (Å²) in [6, 6.07) is 0. The Hall–Kier alpha value is -0.190. The van der Waals surface area contributed by atoms with Crippen molar-refractivity contribution in [3.63, 3.8) is 0 Å². The monoisotopic (exact) mass is 329 g/mol. The minimum Gasteiger partial charge on any atom is -0.381 e. The molecule has 2 fully saturated rings. The second-order valence-electron chi connectivity index (χ2n) is 6.19. The number of carbonyl (C=O) groups is 1. The summed E-state index contributed by atoms with van der Waals surface area (Å²) in [5.41, 5.74) is 0. The highest BCUT2D eigenvalue weighted by Crippen LogP contribution is 2.45. The van der Waals surface area contributed by atoms with Crippen molar-refractivity contribution < 1.29 is 9.53 Å². The third-order valence-corrected chi connectivity index (χ3v) is 6.50. The molecule has 118 valence electrons. The number of amides is 1. The Labute approximate surface area is 136 Å². The van der Waals surface area contributed by atoms with Crippen LogP contribution in [0.15, 0.2) is 11.0 Å². The first kappa shape index (κ1) is 15.7. The fourth-order valence-electron chi connectivity index (χ4n) is 3.39. The molecule has 2 unspecified atom stereocenters. The van der Waals surface area contributed by atoms with E-state index in [2.05, 4.69) is 6.08 Å². The van der Waals surface area contributed by atoms with E-state index in [4.69, 9.17) is 16.3 Å². The van der Waals surface area contributed by atoms with E-state index < -0.39 is 0 Å². The zero-order chi connectivity index (χ0) is 14.7. The number of alkyl halides is 1. The summed E-state index contributed by atoms with van der Waals surface area (Å²) < 4.78 is 5.30. The lowest BCUT2D eigenvalue weighted by Gasteiger charge is -2.24. The first-order valence-corrected chi connectivity index (χ1v) is 9.46. The van der Waals surface area contributed by atoms with E-state index >= 15 is 0 Å². The molecule has 0 aromatic rings. The van der Waals surface area contributed by atoms with Crippen molar-refractivity contribution in [2.24, 2.45) is 11.8 Å². The molecule has 0 bridgehead atoms. The molecule has 0 aromatic heterocycles. The molecule has 3 aliphatic heterocycles. The molecular formula is C16H24ClNO2S. The summed E-state index contributed by atoms with van der Waals surface area (Å²) in [4.78, 5) is 16.1. The first-order valence-electron chi connectivity index (χ1n) is 8.14. The molecule has 0 aromatic carbocycles. The van der Waals surface area contributed by atoms with Crippen LogP contribution in [0.2, 0.25) is 0 Å². The van der Waals surface area contributed by atoms with Gasteiger partial charge in [0.2, 0.25) is 5.91 Å². The molecule has 0 aliphatic carbocycles. The van der Waals surface area contributed by atoms with Crippen molar-refractivity contribution in [3.8, 4) is 0 Å². The summed E-state index contributed by atoms with van der Waals surface area (Å²) in [6.45, 7) is 3.48. The van der Waals surface area contributed by atoms with E-state index in [0.717, 1.165) is 52.0 Å². The van der Waals surface area contributed by atoms with E-state index in [-0.39, 0.29) is 16.5 Å². The van der Waals surface area contributed by atoms with Gasteiger partial charge in [0, 0.05) is 26.3 Å². The van der Waals surface area contributed by atoms with E-state index in [1.54, 1.807) is 11.8 Å². The number of nitrogens with zero attached hydrogens (tertiary/aromatic N) is 1. The topological polar surface area (TPSA) is 29.5 Å². The molecule has 2 atom stereocenters. The minimum absolute atomic E-state index is 0.126. The van der Waals surface area contributed by atoms with Crippen molar-refractivity contribution in [2.75, 3.05) is 26.3 Å². The highest BCUT2D eigenvalue weighted by atomic mass is 35.5. The SMILES string of the molecule is O=C(C1C=C(C2CCOCC2)SC1Cl)N1CCCCCC1. The van der Waals surface area contributed by atoms with Crippen LogP contribution in [0.25, 0.3) is 0 Å². The first-order chi connectivity index (χ1) is 10.3. The molecule has 5 heteroatoms. The maximum Gasteiger partial charge on any atom is 0.231 e. The lowest BCUT2D eigenvalue weighted by atomic mass is 9.97. The molecule has 0 radical (unpaired) electrons. The quantitative estimate of drug-likeness (QED) is 0.725. The molecule has 2 saturated heterocycles. The van der Waals surface area contributed by atoms with Crippen LogP contribution in [-0.4, -0.2) is 41.8 Å². The lowest BCUT2D eigenvalue weighted by Crippen LogP contribution is -2.37. The number of allylic oxidation sites excluding steroid dienone is 1. The van der Waals surface area contributed by atoms with Gasteiger partial charge in [-0.25, -0.2) is 0 Å². The summed E-state index contributed by atoms with van der Waals surface area (Å²) >= 11 is 8.18. The van der Waals surface area contributed by atoms with E-state index in [9.17, 15) is 4.79 Å². The van der Waals surface area contributed by atoms with Gasteiger partial charge in [0.05, 0.1) is 10.6 Å². The van der Waals surface area contributed by atoms with Crippen LogP contribution in [0.3, 0.4) is 0 Å². The number of thioether (sulfide) groups is 1. The number of halogens is 1. The second-order valence-corrected chi connectivity index (χ2v) is 8.13. The van der Waals surface area contributed by atoms with Gasteiger partial charge in [0.1, 0.15) is 0 Å². The van der Waals surface area contributed by atoms with Gasteiger partial charge in [-0.3, -0.25) is 4.79 Å². The normalized spacial score (nSPS) is 31.9. The molecule has 3 rings (SSSR count). The lowest BCUT2D eigenvalue weighted by molar-refractivity contribution is -0.133. The Balaban J connectivity index is 1.65. The number of hydrogen-bond donors (Lipinski definition) is 0. The summed E-state index contributed by atoms with van der Waals surface area (Å²) in [5, 5.41) is 0. The van der Waals surface area contributed by atoms with Crippen LogP contribution in [0, 0.1) is 11.8 Å². The summed E-state index contributed by atoms with van der Waals surface area (Å²) in [5.74, 6) is 0.658. The standard InChI is InChI=1S/C16H24ClNO2S/c17-15-13(16(19)18-7-3-1-2-4-8-18)11-14(21-15)12-5-9-20-10-6-12/h11-13,15H,1-10H2. The molecule has 3 nitrogen and oxygen atoms in total. The maximum atomic E-state index is 12.8. The number of carbonyl (C=O) groups excluding carboxylic acids is 1. The number of likely N-dealkylation sites (tertiary alicyclic amines) is 1. The molecular weight excluding hydrogens is 306 g/mol. The Morgan fingerprint density at radius 3 is 2.52 bits per heavy atom. The third kappa shape index (κ3) is 3.77. The van der Waals surface area contributed by atoms with Crippen molar-refractivity contribution >= 4 is 29.3 Å². The zero-order valence-electron chi connectivity index (χ0n) is 12.4. The predicted molar refractivity (Wildman–Crippen MR) is 87.4 cm³/mol. The maximum absolute atomic E-state index is 12.8. The van der Waals surface area contributed by atoms with Crippen LogP contribution >= 0.6 is 23.4 Å². The van der Waals surface area contributed by atoms with Gasteiger partial charge in [-0.05, 0) is 36.5 Å². The van der Waals surface area contributed by atoms with Crippen molar-refractivity contribution in [2.45, 2.75) is 43.2 Å². The van der Waals surface area contributed by atoms with Gasteiger partial charge >= 0.3 is 0 Å². The second kappa shape index (κ2) is 7.38. The number of hydrogen-bond acceptors (Lipinski definition) is 3. The van der Waals surface area contributed by atoms with Gasteiger partial charge in [0.25, 0.3) is 0 Å². The van der Waals surface area contributed by atoms with E-state index in [1.165, 1.54) is 17.7 Å². The van der Waals surface area contributed by atoms with E-state index in [1.807, 2.05) is 4.90 Å². The zero-order valence-corrected chi connectivity index (χ0v) is 14.0. The largest absolute Gasteiger partial charge is 0.381 e. The summed E-state index contributed by atoms with van der Waals surface area (Å²) in [6.07, 6.45) is 9.04. The van der Waals surface area contributed by atoms with Crippen LogP contribution in [0.1, 0.15) is 38.5 Å². The molecule has 3 aliphatic rings. The average molecular weight is 330 g/mol.